The van der Waals surface area contributed by atoms with Gasteiger partial charge < -0.3 is 0 Å². The van der Waals surface area contributed by atoms with E-state index in [9.17, 15) is 13.2 Å². The molecule has 0 heterocycles. The average molecular weight is 306 g/mol. The van der Waals surface area contributed by atoms with Gasteiger partial charge >= 0.3 is 12.2 Å². The number of hydrogen-bond acceptors (Lipinski definition) is 0. The van der Waals surface area contributed by atoms with Crippen molar-refractivity contribution in [2.75, 3.05) is 0 Å². The van der Waals surface area contributed by atoms with Crippen molar-refractivity contribution in [1.82, 2.24) is 0 Å². The van der Waals surface area contributed by atoms with Crippen LogP contribution in [-0.2, 0) is 0 Å². The molecule has 1 aliphatic rings. The highest BCUT2D eigenvalue weighted by atomic mass is 35.8. The first kappa shape index (κ1) is 13.9. The maximum atomic E-state index is 12.3. The molecule has 0 fully saturated rings. The molecule has 0 bridgehead atoms. The Morgan fingerprint density at radius 2 is 1.50 bits per heavy atom. The maximum Gasteiger partial charge on any atom is 0.416 e. The maximum absolute atomic E-state index is 12.3. The van der Waals surface area contributed by atoms with Gasteiger partial charge in [-0.2, -0.15) is 13.2 Å². The number of rotatable bonds is 1. The SMILES string of the molecule is FC(F)(F)C1=C/C=C\C([Si](Cl)(Cl)Cl)=C/C=C\1. The van der Waals surface area contributed by atoms with E-state index in [1.165, 1.54) is 24.3 Å². The molecule has 0 spiro atoms. The van der Waals surface area contributed by atoms with Gasteiger partial charge in [0.05, 0.1) is 5.57 Å². The zero-order valence-corrected chi connectivity index (χ0v) is 11.0. The molecule has 0 nitrogen and oxygen atoms in total. The van der Waals surface area contributed by atoms with Crippen molar-refractivity contribution in [3.05, 3.63) is 47.2 Å². The van der Waals surface area contributed by atoms with E-state index in [4.69, 9.17) is 33.2 Å². The molecule has 16 heavy (non-hydrogen) atoms. The predicted molar refractivity (Wildman–Crippen MR) is 63.8 cm³/mol. The van der Waals surface area contributed by atoms with Crippen molar-refractivity contribution in [1.29, 1.82) is 0 Å². The lowest BCUT2D eigenvalue weighted by molar-refractivity contribution is -0.0881. The summed E-state index contributed by atoms with van der Waals surface area (Å²) in [5.74, 6) is 0. The molecule has 0 amide bonds. The highest BCUT2D eigenvalue weighted by molar-refractivity contribution is 7.67. The molecule has 0 aromatic heterocycles. The van der Waals surface area contributed by atoms with Crippen LogP contribution in [0.5, 0.6) is 0 Å². The largest absolute Gasteiger partial charge is 0.416 e. The third-order valence-electron chi connectivity index (χ3n) is 1.76. The second kappa shape index (κ2) is 5.00. The highest BCUT2D eigenvalue weighted by Gasteiger charge is 2.32. The lowest BCUT2D eigenvalue weighted by Crippen LogP contribution is -2.13. The van der Waals surface area contributed by atoms with Gasteiger partial charge in [-0.15, -0.1) is 33.2 Å². The van der Waals surface area contributed by atoms with Gasteiger partial charge in [-0.1, -0.05) is 36.5 Å². The summed E-state index contributed by atoms with van der Waals surface area (Å²) in [6.45, 7) is 0. The summed E-state index contributed by atoms with van der Waals surface area (Å²) >= 11 is 17.2. The third-order valence-corrected chi connectivity index (χ3v) is 4.71. The van der Waals surface area contributed by atoms with Gasteiger partial charge in [0, 0.05) is 0 Å². The van der Waals surface area contributed by atoms with Gasteiger partial charge in [0.25, 0.3) is 0 Å². The van der Waals surface area contributed by atoms with Gasteiger partial charge in [-0.25, -0.2) is 0 Å². The summed E-state index contributed by atoms with van der Waals surface area (Å²) in [7, 11) is 0. The average Bonchev–Trinajstić information content (AvgIpc) is 1.96. The number of alkyl halides is 3. The smallest absolute Gasteiger partial charge is 0.166 e. The topological polar surface area (TPSA) is 0 Å². The molecule has 0 aromatic carbocycles. The summed E-state index contributed by atoms with van der Waals surface area (Å²) in [4.78, 5) is 0. The molecule has 0 aromatic rings. The van der Waals surface area contributed by atoms with Crippen LogP contribution in [0.3, 0.4) is 0 Å². The van der Waals surface area contributed by atoms with Crippen molar-refractivity contribution in [3.8, 4) is 0 Å². The van der Waals surface area contributed by atoms with Crippen molar-refractivity contribution >= 4 is 39.2 Å². The van der Waals surface area contributed by atoms with Crippen LogP contribution >= 0.6 is 33.2 Å². The van der Waals surface area contributed by atoms with Crippen LogP contribution < -0.4 is 0 Å². The van der Waals surface area contributed by atoms with Crippen molar-refractivity contribution in [2.45, 2.75) is 6.18 Å². The molecular formula is C9H6Cl3F3Si. The molecule has 0 saturated heterocycles. The van der Waals surface area contributed by atoms with Crippen molar-refractivity contribution in [3.63, 3.8) is 0 Å². The van der Waals surface area contributed by atoms with Crippen molar-refractivity contribution < 1.29 is 13.2 Å². The highest BCUT2D eigenvalue weighted by Crippen LogP contribution is 2.32. The molecule has 1 aliphatic carbocycles. The van der Waals surface area contributed by atoms with Crippen LogP contribution in [0.25, 0.3) is 0 Å². The van der Waals surface area contributed by atoms with Crippen LogP contribution in [0.15, 0.2) is 47.2 Å². The molecule has 0 N–H and O–H groups in total. The molecule has 0 radical (unpaired) electrons. The second-order valence-electron chi connectivity index (χ2n) is 2.96. The summed E-state index contributed by atoms with van der Waals surface area (Å²) in [6.07, 6.45) is 2.73. The zero-order chi connectivity index (χ0) is 12.4. The summed E-state index contributed by atoms with van der Waals surface area (Å²) in [5, 5.41) is 0.436. The molecule has 1 rings (SSSR count). The normalized spacial score (nSPS) is 28.1. The van der Waals surface area contributed by atoms with E-state index in [1.54, 1.807) is 0 Å². The predicted octanol–water partition coefficient (Wildman–Crippen LogP) is 4.72. The van der Waals surface area contributed by atoms with E-state index >= 15 is 0 Å². The van der Waals surface area contributed by atoms with E-state index < -0.39 is 17.8 Å². The van der Waals surface area contributed by atoms with Crippen LogP contribution in [-0.4, -0.2) is 12.2 Å². The Morgan fingerprint density at radius 1 is 0.938 bits per heavy atom. The molecular weight excluding hydrogens is 300 g/mol. The standard InChI is InChI=1S/C9H6Cl3F3Si/c10-16(11,12)8-5-1-3-7(4-2-6-8)9(13,14)15/h1-6H/b3-1-,4-2?,5-1?,6-2-,7-3?,7-4+,8-5+,8-6?. The van der Waals surface area contributed by atoms with E-state index in [1.807, 2.05) is 0 Å². The van der Waals surface area contributed by atoms with Crippen LogP contribution in [0.1, 0.15) is 0 Å². The summed E-state index contributed by atoms with van der Waals surface area (Å²) < 4.78 is 37.0. The van der Waals surface area contributed by atoms with Crippen molar-refractivity contribution in [2.24, 2.45) is 0 Å². The van der Waals surface area contributed by atoms with Crippen LogP contribution in [0, 0.1) is 0 Å². The lowest BCUT2D eigenvalue weighted by Gasteiger charge is -2.10. The Morgan fingerprint density at radius 3 is 2.00 bits per heavy atom. The first-order valence-corrected chi connectivity index (χ1v) is 9.16. The lowest BCUT2D eigenvalue weighted by atomic mass is 10.2. The van der Waals surface area contributed by atoms with E-state index in [2.05, 4.69) is 0 Å². The van der Waals surface area contributed by atoms with E-state index in [-0.39, 0.29) is 0 Å². The van der Waals surface area contributed by atoms with Gasteiger partial charge in [0.2, 0.25) is 0 Å². The van der Waals surface area contributed by atoms with Crippen LogP contribution in [0.2, 0.25) is 0 Å². The number of halogens is 6. The zero-order valence-electron chi connectivity index (χ0n) is 7.73. The Bertz CT molecular complexity index is 348. The quantitative estimate of drug-likeness (QED) is 0.485. The van der Waals surface area contributed by atoms with Gasteiger partial charge in [0.1, 0.15) is 0 Å². The van der Waals surface area contributed by atoms with E-state index in [0.717, 1.165) is 12.2 Å². The Balaban J connectivity index is 2.98. The fraction of sp³-hybridized carbons (Fsp3) is 0.111. The minimum Gasteiger partial charge on any atom is -0.166 e. The molecule has 0 aliphatic heterocycles. The molecule has 0 atom stereocenters. The molecule has 7 heteroatoms. The fourth-order valence-corrected chi connectivity index (χ4v) is 2.70. The summed E-state index contributed by atoms with van der Waals surface area (Å²) in [5.41, 5.74) is -0.745. The Kier molecular flexibility index (Phi) is 4.34. The Hall–Kier alpha value is -0.163. The molecule has 0 saturated carbocycles. The van der Waals surface area contributed by atoms with E-state index in [0.29, 0.717) is 5.20 Å². The number of allylic oxidation sites excluding steroid dienone is 8. The molecule has 88 valence electrons. The second-order valence-corrected chi connectivity index (χ2v) is 11.4. The molecule has 0 unspecified atom stereocenters. The first-order chi connectivity index (χ1) is 7.21. The van der Waals surface area contributed by atoms with Gasteiger partial charge in [-0.3, -0.25) is 0 Å². The fourth-order valence-electron chi connectivity index (χ4n) is 1.000. The monoisotopic (exact) mass is 304 g/mol. The van der Waals surface area contributed by atoms with Gasteiger partial charge in [0.15, 0.2) is 0 Å². The third kappa shape index (κ3) is 4.01. The van der Waals surface area contributed by atoms with Crippen LogP contribution in [0.4, 0.5) is 13.2 Å². The first-order valence-electron chi connectivity index (χ1n) is 4.12. The minimum absolute atomic E-state index is 0.436. The van der Waals surface area contributed by atoms with Gasteiger partial charge in [-0.05, 0) is 5.20 Å². The minimum atomic E-state index is -4.37. The summed E-state index contributed by atoms with van der Waals surface area (Å²) in [6, 6.07) is -3.05. The Labute approximate surface area is 106 Å². The number of hydrogen-bond donors (Lipinski definition) is 0.